The molecule has 0 saturated heterocycles. The molecule has 4 nitrogen and oxygen atoms in total. The smallest absolute Gasteiger partial charge is 0.262 e. The fourth-order valence-corrected chi connectivity index (χ4v) is 2.79. The van der Waals surface area contributed by atoms with Crippen molar-refractivity contribution in [3.05, 3.63) is 53.1 Å². The fraction of sp³-hybridized carbons (Fsp3) is 0. The minimum Gasteiger partial charge on any atom is -0.398 e. The van der Waals surface area contributed by atoms with E-state index in [1.807, 2.05) is 4.72 Å². The second-order valence-corrected chi connectivity index (χ2v) is 6.00. The molecule has 106 valence electrons. The zero-order valence-corrected chi connectivity index (χ0v) is 11.5. The minimum absolute atomic E-state index is 0.0625. The predicted octanol–water partition coefficient (Wildman–Crippen LogP) is 3.00. The summed E-state index contributed by atoms with van der Waals surface area (Å²) in [6.45, 7) is 0. The Balaban J connectivity index is 2.38. The number of benzene rings is 2. The van der Waals surface area contributed by atoms with E-state index in [2.05, 4.69) is 0 Å². The monoisotopic (exact) mass is 318 g/mol. The molecule has 0 aliphatic carbocycles. The fourth-order valence-electron chi connectivity index (χ4n) is 1.45. The number of nitrogen functional groups attached to an aromatic ring is 1. The average molecular weight is 319 g/mol. The summed E-state index contributed by atoms with van der Waals surface area (Å²) in [7, 11) is -4.04. The van der Waals surface area contributed by atoms with E-state index in [9.17, 15) is 17.2 Å². The third-order valence-corrected chi connectivity index (χ3v) is 4.15. The van der Waals surface area contributed by atoms with Gasteiger partial charge in [-0.05, 0) is 30.3 Å². The van der Waals surface area contributed by atoms with Gasteiger partial charge in [0, 0.05) is 6.07 Å². The first-order valence-corrected chi connectivity index (χ1v) is 7.18. The van der Waals surface area contributed by atoms with E-state index in [0.29, 0.717) is 6.07 Å². The number of nitrogens with one attached hydrogen (secondary N) is 1. The first-order chi connectivity index (χ1) is 9.29. The number of hydrogen-bond donors (Lipinski definition) is 2. The van der Waals surface area contributed by atoms with E-state index >= 15 is 0 Å². The number of anilines is 2. The second kappa shape index (κ2) is 5.26. The molecule has 0 unspecified atom stereocenters. The lowest BCUT2D eigenvalue weighted by atomic mass is 10.3. The van der Waals surface area contributed by atoms with Crippen LogP contribution in [0.25, 0.3) is 0 Å². The van der Waals surface area contributed by atoms with Crippen LogP contribution >= 0.6 is 11.6 Å². The van der Waals surface area contributed by atoms with E-state index in [0.717, 1.165) is 18.2 Å². The highest BCUT2D eigenvalue weighted by Gasteiger charge is 2.17. The zero-order valence-electron chi connectivity index (χ0n) is 9.90. The van der Waals surface area contributed by atoms with Crippen LogP contribution in [-0.2, 0) is 10.0 Å². The van der Waals surface area contributed by atoms with E-state index in [-0.39, 0.29) is 21.3 Å². The molecule has 20 heavy (non-hydrogen) atoms. The van der Waals surface area contributed by atoms with Crippen molar-refractivity contribution < 1.29 is 17.2 Å². The van der Waals surface area contributed by atoms with Crippen molar-refractivity contribution in [1.29, 1.82) is 0 Å². The highest BCUT2D eigenvalue weighted by molar-refractivity contribution is 7.92. The Morgan fingerprint density at radius 1 is 1.10 bits per heavy atom. The van der Waals surface area contributed by atoms with Crippen LogP contribution in [0.5, 0.6) is 0 Å². The molecular formula is C12H9ClF2N2O2S. The Morgan fingerprint density at radius 2 is 1.80 bits per heavy atom. The molecule has 0 atom stereocenters. The average Bonchev–Trinajstić information content (AvgIpc) is 2.36. The summed E-state index contributed by atoms with van der Waals surface area (Å²) in [6.07, 6.45) is 0. The Labute approximate surface area is 119 Å². The van der Waals surface area contributed by atoms with Crippen molar-refractivity contribution in [1.82, 2.24) is 0 Å². The van der Waals surface area contributed by atoms with Gasteiger partial charge in [0.25, 0.3) is 10.0 Å². The first kappa shape index (κ1) is 14.5. The lowest BCUT2D eigenvalue weighted by molar-refractivity contribution is 0.583. The summed E-state index contributed by atoms with van der Waals surface area (Å²) in [5, 5.41) is 0.0625. The lowest BCUT2D eigenvalue weighted by Gasteiger charge is -2.09. The van der Waals surface area contributed by atoms with Gasteiger partial charge in [0.2, 0.25) is 0 Å². The molecule has 0 aliphatic rings. The van der Waals surface area contributed by atoms with Crippen molar-refractivity contribution in [3.63, 3.8) is 0 Å². The predicted molar refractivity (Wildman–Crippen MR) is 73.0 cm³/mol. The third-order valence-electron chi connectivity index (χ3n) is 2.46. The van der Waals surface area contributed by atoms with Crippen molar-refractivity contribution in [2.45, 2.75) is 4.90 Å². The van der Waals surface area contributed by atoms with Crippen molar-refractivity contribution >= 4 is 33.0 Å². The SMILES string of the molecule is Nc1ccc(S(=O)(=O)Nc2ccc(F)cc2F)cc1Cl. The molecule has 0 bridgehead atoms. The Hall–Kier alpha value is -1.86. The van der Waals surface area contributed by atoms with Gasteiger partial charge in [-0.2, -0.15) is 0 Å². The van der Waals surface area contributed by atoms with Gasteiger partial charge in [-0.1, -0.05) is 11.6 Å². The Bertz CT molecular complexity index is 766. The molecule has 0 heterocycles. The Morgan fingerprint density at radius 3 is 2.40 bits per heavy atom. The van der Waals surface area contributed by atoms with Gasteiger partial charge in [-0.15, -0.1) is 0 Å². The van der Waals surface area contributed by atoms with Crippen molar-refractivity contribution in [2.24, 2.45) is 0 Å². The van der Waals surface area contributed by atoms with Crippen LogP contribution in [0.15, 0.2) is 41.3 Å². The van der Waals surface area contributed by atoms with E-state index in [1.165, 1.54) is 12.1 Å². The molecule has 0 radical (unpaired) electrons. The molecule has 0 aliphatic heterocycles. The molecule has 2 aromatic rings. The summed E-state index contributed by atoms with van der Waals surface area (Å²) in [6, 6.07) is 6.19. The molecule has 0 fully saturated rings. The van der Waals surface area contributed by atoms with Gasteiger partial charge in [0.1, 0.15) is 11.6 Å². The van der Waals surface area contributed by atoms with Gasteiger partial charge in [0.15, 0.2) is 0 Å². The summed E-state index contributed by atoms with van der Waals surface area (Å²) in [4.78, 5) is -0.180. The normalized spacial score (nSPS) is 11.3. The van der Waals surface area contributed by atoms with Crippen LogP contribution in [0.4, 0.5) is 20.2 Å². The zero-order chi connectivity index (χ0) is 14.9. The van der Waals surface area contributed by atoms with Crippen LogP contribution in [0, 0.1) is 11.6 Å². The number of rotatable bonds is 3. The summed E-state index contributed by atoms with van der Waals surface area (Å²) >= 11 is 5.73. The summed E-state index contributed by atoms with van der Waals surface area (Å²) in [5.41, 5.74) is 5.34. The highest BCUT2D eigenvalue weighted by atomic mass is 35.5. The van der Waals surface area contributed by atoms with Gasteiger partial charge < -0.3 is 5.73 Å². The summed E-state index contributed by atoms with van der Waals surface area (Å²) in [5.74, 6) is -1.82. The van der Waals surface area contributed by atoms with E-state index in [4.69, 9.17) is 17.3 Å². The number of hydrogen-bond acceptors (Lipinski definition) is 3. The number of sulfonamides is 1. The molecular weight excluding hydrogens is 310 g/mol. The summed E-state index contributed by atoms with van der Waals surface area (Å²) < 4.78 is 52.2. The molecule has 8 heteroatoms. The first-order valence-electron chi connectivity index (χ1n) is 5.32. The maximum atomic E-state index is 13.4. The molecule has 2 aromatic carbocycles. The van der Waals surface area contributed by atoms with Crippen LogP contribution in [0.1, 0.15) is 0 Å². The number of halogens is 3. The highest BCUT2D eigenvalue weighted by Crippen LogP contribution is 2.25. The molecule has 3 N–H and O–H groups in total. The molecule has 0 amide bonds. The maximum absolute atomic E-state index is 13.4. The lowest BCUT2D eigenvalue weighted by Crippen LogP contribution is -2.14. The molecule has 0 spiro atoms. The number of nitrogens with two attached hydrogens (primary N) is 1. The third kappa shape index (κ3) is 3.00. The molecule has 0 saturated carbocycles. The van der Waals surface area contributed by atoms with Crippen LogP contribution in [0.2, 0.25) is 5.02 Å². The van der Waals surface area contributed by atoms with Gasteiger partial charge in [0.05, 0.1) is 21.3 Å². The largest absolute Gasteiger partial charge is 0.398 e. The van der Waals surface area contributed by atoms with Crippen molar-refractivity contribution in [3.8, 4) is 0 Å². The van der Waals surface area contributed by atoms with Crippen molar-refractivity contribution in [2.75, 3.05) is 10.5 Å². The standard InChI is InChI=1S/C12H9ClF2N2O2S/c13-9-6-8(2-3-11(9)16)20(18,19)17-12-4-1-7(14)5-10(12)15/h1-6,17H,16H2. The minimum atomic E-state index is -4.04. The topological polar surface area (TPSA) is 72.2 Å². The van der Waals surface area contributed by atoms with Crippen LogP contribution in [-0.4, -0.2) is 8.42 Å². The molecule has 0 aromatic heterocycles. The van der Waals surface area contributed by atoms with E-state index < -0.39 is 21.7 Å². The molecule has 2 rings (SSSR count). The van der Waals surface area contributed by atoms with Gasteiger partial charge >= 0.3 is 0 Å². The quantitative estimate of drug-likeness (QED) is 0.854. The maximum Gasteiger partial charge on any atom is 0.262 e. The Kier molecular flexibility index (Phi) is 3.82. The van der Waals surface area contributed by atoms with Gasteiger partial charge in [-0.3, -0.25) is 4.72 Å². The van der Waals surface area contributed by atoms with E-state index in [1.54, 1.807) is 0 Å². The van der Waals surface area contributed by atoms with Crippen LogP contribution < -0.4 is 10.5 Å². The second-order valence-electron chi connectivity index (χ2n) is 3.91. The van der Waals surface area contributed by atoms with Crippen LogP contribution in [0.3, 0.4) is 0 Å². The van der Waals surface area contributed by atoms with Gasteiger partial charge in [-0.25, -0.2) is 17.2 Å².